The molecule has 0 unspecified atom stereocenters. The fraction of sp³-hybridized carbons (Fsp3) is 0.125. The summed E-state index contributed by atoms with van der Waals surface area (Å²) in [6, 6.07) is 6.85. The molecule has 0 heterocycles. The molecule has 0 N–H and O–H groups in total. The zero-order chi connectivity index (χ0) is 18.6. The van der Waals surface area contributed by atoms with Gasteiger partial charge >= 0.3 is 0 Å². The lowest BCUT2D eigenvalue weighted by molar-refractivity contribution is -0.400. The summed E-state index contributed by atoms with van der Waals surface area (Å²) in [6.45, 7) is 0.238. The molecule has 9 heteroatoms. The smallest absolute Gasteiger partial charge is 0.235 e. The summed E-state index contributed by atoms with van der Waals surface area (Å²) in [5.74, 6) is 0.886. The van der Waals surface area contributed by atoms with E-state index in [-0.39, 0.29) is 6.61 Å². The van der Waals surface area contributed by atoms with Gasteiger partial charge in [0.15, 0.2) is 11.5 Å². The lowest BCUT2D eigenvalue weighted by Gasteiger charge is -2.15. The molecule has 0 bridgehead atoms. The van der Waals surface area contributed by atoms with Gasteiger partial charge in [-0.2, -0.15) is 0 Å². The van der Waals surface area contributed by atoms with Gasteiger partial charge in [-0.25, -0.2) is 0 Å². The van der Waals surface area contributed by atoms with Gasteiger partial charge in [0.25, 0.3) is 0 Å². The van der Waals surface area contributed by atoms with E-state index in [4.69, 9.17) is 32.7 Å². The molecule has 2 aromatic rings. The molecule has 0 saturated carbocycles. The first-order chi connectivity index (χ1) is 11.8. The van der Waals surface area contributed by atoms with Crippen LogP contribution in [0.5, 0.6) is 11.5 Å². The Hall–Kier alpha value is -1.28. The van der Waals surface area contributed by atoms with Crippen molar-refractivity contribution in [2.24, 2.45) is 0 Å². The van der Waals surface area contributed by atoms with Gasteiger partial charge in [-0.15, -0.1) is 0 Å². The zero-order valence-corrected chi connectivity index (χ0v) is 17.4. The molecule has 0 amide bonds. The first-order valence-electron chi connectivity index (χ1n) is 6.78. The molecule has 0 atom stereocenters. The first kappa shape index (κ1) is 20.0. The predicted molar refractivity (Wildman–Crippen MR) is 105 cm³/mol. The highest BCUT2D eigenvalue weighted by atomic mass is 79.9. The predicted octanol–water partition coefficient (Wildman–Crippen LogP) is 6.35. The highest BCUT2D eigenvalue weighted by molar-refractivity contribution is 9.13. The monoisotopic (exact) mass is 509 g/mol. The Morgan fingerprint density at radius 2 is 1.92 bits per heavy atom. The molecule has 25 heavy (non-hydrogen) atoms. The zero-order valence-electron chi connectivity index (χ0n) is 12.8. The third kappa shape index (κ3) is 5.10. The molecular formula is C16H11Br2Cl2NO4. The minimum Gasteiger partial charge on any atom is -0.493 e. The summed E-state index contributed by atoms with van der Waals surface area (Å²) in [5.41, 5.74) is 1.40. The van der Waals surface area contributed by atoms with E-state index >= 15 is 0 Å². The van der Waals surface area contributed by atoms with Gasteiger partial charge in [-0.05, 0) is 61.2 Å². The van der Waals surface area contributed by atoms with Crippen molar-refractivity contribution in [1.29, 1.82) is 0 Å². The molecule has 5 nitrogen and oxygen atoms in total. The van der Waals surface area contributed by atoms with Gasteiger partial charge in [-0.1, -0.05) is 29.3 Å². The summed E-state index contributed by atoms with van der Waals surface area (Å²) in [5, 5.41) is 11.4. The van der Waals surface area contributed by atoms with Crippen LogP contribution in [0.3, 0.4) is 0 Å². The Labute approximate surface area is 170 Å². The van der Waals surface area contributed by atoms with Gasteiger partial charge in [-0.3, -0.25) is 10.1 Å². The normalized spacial score (nSPS) is 10.9. The van der Waals surface area contributed by atoms with E-state index in [9.17, 15) is 10.1 Å². The van der Waals surface area contributed by atoms with Crippen LogP contribution in [-0.4, -0.2) is 12.0 Å². The lowest BCUT2D eigenvalue weighted by Crippen LogP contribution is -2.00. The number of hydrogen-bond donors (Lipinski definition) is 0. The number of rotatable bonds is 6. The molecule has 2 rings (SSSR count). The van der Waals surface area contributed by atoms with Crippen LogP contribution in [0.25, 0.3) is 6.08 Å². The minimum absolute atomic E-state index is 0.238. The van der Waals surface area contributed by atoms with Crippen molar-refractivity contribution in [2.45, 2.75) is 6.61 Å². The van der Waals surface area contributed by atoms with Crippen molar-refractivity contribution < 1.29 is 14.4 Å². The third-order valence-corrected chi connectivity index (χ3v) is 6.00. The van der Waals surface area contributed by atoms with Crippen LogP contribution in [0.15, 0.2) is 39.4 Å². The number of benzene rings is 2. The Morgan fingerprint density at radius 3 is 2.52 bits per heavy atom. The summed E-state index contributed by atoms with van der Waals surface area (Å²) in [7, 11) is 1.49. The average Bonchev–Trinajstić information content (AvgIpc) is 2.58. The molecule has 0 aliphatic heterocycles. The summed E-state index contributed by atoms with van der Waals surface area (Å²) in [6.07, 6.45) is 2.21. The van der Waals surface area contributed by atoms with Crippen molar-refractivity contribution in [3.63, 3.8) is 0 Å². The topological polar surface area (TPSA) is 61.6 Å². The van der Waals surface area contributed by atoms with Crippen LogP contribution in [0.1, 0.15) is 11.1 Å². The lowest BCUT2D eigenvalue weighted by atomic mass is 10.2. The molecule has 0 fully saturated rings. The number of methoxy groups -OCH3 is 1. The number of nitro groups is 1. The van der Waals surface area contributed by atoms with Gasteiger partial charge in [0.1, 0.15) is 6.61 Å². The molecule has 0 saturated heterocycles. The van der Waals surface area contributed by atoms with Crippen LogP contribution in [-0.2, 0) is 6.61 Å². The van der Waals surface area contributed by atoms with Gasteiger partial charge in [0.05, 0.1) is 26.6 Å². The molecule has 0 aromatic heterocycles. The fourth-order valence-electron chi connectivity index (χ4n) is 1.94. The van der Waals surface area contributed by atoms with E-state index < -0.39 is 4.92 Å². The molecule has 132 valence electrons. The second-order valence-electron chi connectivity index (χ2n) is 4.76. The second kappa shape index (κ2) is 8.89. The largest absolute Gasteiger partial charge is 0.493 e. The Kier molecular flexibility index (Phi) is 7.13. The van der Waals surface area contributed by atoms with E-state index in [0.29, 0.717) is 36.1 Å². The fourth-order valence-corrected chi connectivity index (χ4v) is 3.22. The quantitative estimate of drug-likeness (QED) is 0.335. The standard InChI is InChI=1S/C16H11Br2Cl2NO4/c1-24-13-7-10(4-5-21(22)23)14(17)15(18)16(13)25-8-9-2-3-11(19)12(20)6-9/h2-7H,8H2,1H3/b5-4+. The molecule has 0 spiro atoms. The molecule has 0 radical (unpaired) electrons. The van der Waals surface area contributed by atoms with Crippen molar-refractivity contribution in [1.82, 2.24) is 0 Å². The Bertz CT molecular complexity index is 843. The van der Waals surface area contributed by atoms with Gasteiger partial charge in [0, 0.05) is 10.5 Å². The molecule has 2 aromatic carbocycles. The average molecular weight is 512 g/mol. The van der Waals surface area contributed by atoms with Crippen molar-refractivity contribution in [3.05, 3.63) is 70.7 Å². The number of halogens is 4. The van der Waals surface area contributed by atoms with Gasteiger partial charge < -0.3 is 9.47 Å². The SMILES string of the molecule is COc1cc(/C=C/[N+](=O)[O-])c(Br)c(Br)c1OCc1ccc(Cl)c(Cl)c1. The maximum atomic E-state index is 10.5. The summed E-state index contributed by atoms with van der Waals surface area (Å²) < 4.78 is 12.4. The van der Waals surface area contributed by atoms with E-state index in [2.05, 4.69) is 31.9 Å². The first-order valence-corrected chi connectivity index (χ1v) is 9.12. The van der Waals surface area contributed by atoms with E-state index in [1.165, 1.54) is 13.2 Å². The summed E-state index contributed by atoms with van der Waals surface area (Å²) in [4.78, 5) is 9.98. The van der Waals surface area contributed by atoms with Crippen molar-refractivity contribution in [3.8, 4) is 11.5 Å². The minimum atomic E-state index is -0.540. The van der Waals surface area contributed by atoms with Crippen molar-refractivity contribution >= 4 is 61.1 Å². The third-order valence-electron chi connectivity index (χ3n) is 3.12. The maximum absolute atomic E-state index is 10.5. The van der Waals surface area contributed by atoms with Crippen LogP contribution in [0.4, 0.5) is 0 Å². The second-order valence-corrected chi connectivity index (χ2v) is 7.16. The molecular weight excluding hydrogens is 501 g/mol. The van der Waals surface area contributed by atoms with E-state index in [1.807, 2.05) is 0 Å². The van der Waals surface area contributed by atoms with Gasteiger partial charge in [0.2, 0.25) is 6.20 Å². The van der Waals surface area contributed by atoms with Crippen LogP contribution >= 0.6 is 55.1 Å². The summed E-state index contributed by atoms with van der Waals surface area (Å²) >= 11 is 18.7. The Balaban J connectivity index is 2.32. The van der Waals surface area contributed by atoms with Crippen molar-refractivity contribution in [2.75, 3.05) is 7.11 Å². The van der Waals surface area contributed by atoms with Crippen LogP contribution in [0.2, 0.25) is 10.0 Å². The highest BCUT2D eigenvalue weighted by Gasteiger charge is 2.17. The van der Waals surface area contributed by atoms with E-state index in [1.54, 1.807) is 24.3 Å². The number of nitrogens with zero attached hydrogens (tertiary/aromatic N) is 1. The maximum Gasteiger partial charge on any atom is 0.235 e. The van der Waals surface area contributed by atoms with E-state index in [0.717, 1.165) is 11.8 Å². The molecule has 0 aliphatic carbocycles. The highest BCUT2D eigenvalue weighted by Crippen LogP contribution is 2.43. The van der Waals surface area contributed by atoms with Crippen LogP contribution in [0, 0.1) is 10.1 Å². The number of ether oxygens (including phenoxy) is 2. The molecule has 0 aliphatic rings. The van der Waals surface area contributed by atoms with Crippen LogP contribution < -0.4 is 9.47 Å². The number of hydrogen-bond acceptors (Lipinski definition) is 4. The Morgan fingerprint density at radius 1 is 1.20 bits per heavy atom.